The number of rotatable bonds is 3. The summed E-state index contributed by atoms with van der Waals surface area (Å²) in [5.41, 5.74) is -0.0757. The number of aromatic nitrogens is 3. The summed E-state index contributed by atoms with van der Waals surface area (Å²) in [5.74, 6) is -0.0909. The topological polar surface area (TPSA) is 101 Å². The first kappa shape index (κ1) is 11.3. The van der Waals surface area contributed by atoms with Crippen LogP contribution in [0.3, 0.4) is 0 Å². The van der Waals surface area contributed by atoms with Crippen LogP contribution in [0.15, 0.2) is 27.7 Å². The van der Waals surface area contributed by atoms with Gasteiger partial charge in [0.2, 0.25) is 5.43 Å². The maximum atomic E-state index is 11.1. The Labute approximate surface area is 95.9 Å². The summed E-state index contributed by atoms with van der Waals surface area (Å²) in [4.78, 5) is 11.1. The van der Waals surface area contributed by atoms with E-state index in [9.17, 15) is 9.90 Å². The summed E-state index contributed by atoms with van der Waals surface area (Å²) in [6.07, 6.45) is 1.83. The van der Waals surface area contributed by atoms with Gasteiger partial charge in [0, 0.05) is 6.07 Å². The van der Waals surface area contributed by atoms with E-state index in [4.69, 9.17) is 9.52 Å². The number of aromatic hydroxyl groups is 1. The monoisotopic (exact) mass is 237 g/mol. The summed E-state index contributed by atoms with van der Waals surface area (Å²) in [5, 5.41) is 25.8. The lowest BCUT2D eigenvalue weighted by molar-refractivity contribution is 0.194. The van der Waals surface area contributed by atoms with E-state index >= 15 is 0 Å². The van der Waals surface area contributed by atoms with Crippen molar-refractivity contribution >= 4 is 0 Å². The first-order valence-corrected chi connectivity index (χ1v) is 4.95. The fourth-order valence-corrected chi connectivity index (χ4v) is 1.27. The molecule has 0 aliphatic carbocycles. The second kappa shape index (κ2) is 4.38. The third kappa shape index (κ3) is 2.51. The molecule has 1 atom stereocenters. The van der Waals surface area contributed by atoms with Gasteiger partial charge >= 0.3 is 0 Å². The summed E-state index contributed by atoms with van der Waals surface area (Å²) >= 11 is 0. The molecule has 7 nitrogen and oxygen atoms in total. The van der Waals surface area contributed by atoms with Gasteiger partial charge in [-0.05, 0) is 6.92 Å². The first-order valence-electron chi connectivity index (χ1n) is 4.95. The van der Waals surface area contributed by atoms with E-state index < -0.39 is 17.3 Å². The normalized spacial score (nSPS) is 12.6. The predicted molar refractivity (Wildman–Crippen MR) is 56.4 cm³/mol. The van der Waals surface area contributed by atoms with Crippen LogP contribution in [0, 0.1) is 0 Å². The average Bonchev–Trinajstić information content (AvgIpc) is 2.72. The third-order valence-corrected chi connectivity index (χ3v) is 2.17. The van der Waals surface area contributed by atoms with Gasteiger partial charge in [-0.15, -0.1) is 5.10 Å². The molecule has 1 unspecified atom stereocenters. The Morgan fingerprint density at radius 1 is 1.59 bits per heavy atom. The quantitative estimate of drug-likeness (QED) is 0.781. The minimum Gasteiger partial charge on any atom is -0.502 e. The molecule has 90 valence electrons. The van der Waals surface area contributed by atoms with Gasteiger partial charge in [-0.2, -0.15) is 0 Å². The molecular formula is C10H11N3O4. The predicted octanol–water partition coefficient (Wildman–Crippen LogP) is 0.0385. The zero-order valence-corrected chi connectivity index (χ0v) is 9.07. The van der Waals surface area contributed by atoms with Crippen molar-refractivity contribution in [2.45, 2.75) is 19.6 Å². The van der Waals surface area contributed by atoms with Crippen molar-refractivity contribution in [2.75, 3.05) is 0 Å². The highest BCUT2D eigenvalue weighted by Crippen LogP contribution is 2.09. The molecule has 2 N–H and O–H groups in total. The summed E-state index contributed by atoms with van der Waals surface area (Å²) in [6.45, 7) is 1.78. The summed E-state index contributed by atoms with van der Waals surface area (Å²) < 4.78 is 6.44. The Balaban J connectivity index is 2.19. The summed E-state index contributed by atoms with van der Waals surface area (Å²) in [6, 6.07) is 1.18. The Kier molecular flexibility index (Phi) is 2.92. The molecule has 0 amide bonds. The molecule has 0 fully saturated rings. The third-order valence-electron chi connectivity index (χ3n) is 2.17. The molecule has 0 aromatic carbocycles. The van der Waals surface area contributed by atoms with Crippen LogP contribution < -0.4 is 5.43 Å². The van der Waals surface area contributed by atoms with Gasteiger partial charge in [-0.3, -0.25) is 4.79 Å². The van der Waals surface area contributed by atoms with E-state index in [2.05, 4.69) is 10.3 Å². The smallest absolute Gasteiger partial charge is 0.226 e. The molecule has 2 aromatic rings. The van der Waals surface area contributed by atoms with Crippen molar-refractivity contribution in [1.29, 1.82) is 0 Å². The second-order valence-corrected chi connectivity index (χ2v) is 3.61. The van der Waals surface area contributed by atoms with Crippen molar-refractivity contribution in [3.05, 3.63) is 40.2 Å². The standard InChI is InChI=1S/C10H11N3O4/c1-6(14)8-4-13(12-11-8)3-7-2-9(15)10(16)5-17-7/h2,4-6,14,16H,3H2,1H3. The minimum absolute atomic E-state index is 0.204. The maximum Gasteiger partial charge on any atom is 0.226 e. The zero-order chi connectivity index (χ0) is 12.4. The molecule has 0 saturated carbocycles. The molecule has 2 rings (SSSR count). The second-order valence-electron chi connectivity index (χ2n) is 3.61. The Bertz CT molecular complexity index is 573. The number of hydrogen-bond acceptors (Lipinski definition) is 6. The molecule has 17 heavy (non-hydrogen) atoms. The van der Waals surface area contributed by atoms with Crippen LogP contribution in [0.25, 0.3) is 0 Å². The number of aliphatic hydroxyl groups is 1. The molecule has 0 bridgehead atoms. The van der Waals surface area contributed by atoms with Gasteiger partial charge in [0.05, 0.1) is 12.3 Å². The van der Waals surface area contributed by atoms with Crippen LogP contribution in [-0.2, 0) is 6.54 Å². The van der Waals surface area contributed by atoms with Crippen LogP contribution in [0.2, 0.25) is 0 Å². The highest BCUT2D eigenvalue weighted by atomic mass is 16.4. The molecule has 0 aliphatic rings. The van der Waals surface area contributed by atoms with Gasteiger partial charge in [-0.1, -0.05) is 5.21 Å². The van der Waals surface area contributed by atoms with Crippen molar-refractivity contribution in [3.8, 4) is 5.75 Å². The molecule has 2 heterocycles. The van der Waals surface area contributed by atoms with E-state index in [-0.39, 0.29) is 6.54 Å². The highest BCUT2D eigenvalue weighted by Gasteiger charge is 2.08. The van der Waals surface area contributed by atoms with E-state index in [1.54, 1.807) is 13.1 Å². The van der Waals surface area contributed by atoms with Crippen molar-refractivity contribution < 1.29 is 14.6 Å². The van der Waals surface area contributed by atoms with Crippen LogP contribution in [0.5, 0.6) is 5.75 Å². The molecular weight excluding hydrogens is 226 g/mol. The van der Waals surface area contributed by atoms with Crippen LogP contribution in [-0.4, -0.2) is 25.2 Å². The lowest BCUT2D eigenvalue weighted by Gasteiger charge is -1.99. The average molecular weight is 237 g/mol. The van der Waals surface area contributed by atoms with E-state index in [0.29, 0.717) is 11.5 Å². The Hall–Kier alpha value is -2.15. The van der Waals surface area contributed by atoms with Crippen LogP contribution in [0.4, 0.5) is 0 Å². The molecule has 0 aliphatic heterocycles. The minimum atomic E-state index is -0.699. The highest BCUT2D eigenvalue weighted by molar-refractivity contribution is 5.15. The van der Waals surface area contributed by atoms with Gasteiger partial charge in [0.1, 0.15) is 24.3 Å². The molecule has 0 saturated heterocycles. The molecule has 7 heteroatoms. The van der Waals surface area contributed by atoms with Gasteiger partial charge < -0.3 is 14.6 Å². The maximum absolute atomic E-state index is 11.1. The lowest BCUT2D eigenvalue weighted by Crippen LogP contribution is -2.05. The van der Waals surface area contributed by atoms with E-state index in [1.807, 2.05) is 0 Å². The zero-order valence-electron chi connectivity index (χ0n) is 9.07. The number of hydrogen-bond donors (Lipinski definition) is 2. The van der Waals surface area contributed by atoms with Crippen LogP contribution in [0.1, 0.15) is 24.5 Å². The number of nitrogens with zero attached hydrogens (tertiary/aromatic N) is 3. The van der Waals surface area contributed by atoms with E-state index in [1.165, 1.54) is 10.7 Å². The van der Waals surface area contributed by atoms with Crippen molar-refractivity contribution in [2.24, 2.45) is 0 Å². The van der Waals surface area contributed by atoms with Gasteiger partial charge in [-0.25, -0.2) is 4.68 Å². The summed E-state index contributed by atoms with van der Waals surface area (Å²) in [7, 11) is 0. The van der Waals surface area contributed by atoms with Crippen LogP contribution >= 0.6 is 0 Å². The fraction of sp³-hybridized carbons (Fsp3) is 0.300. The Morgan fingerprint density at radius 3 is 2.94 bits per heavy atom. The fourth-order valence-electron chi connectivity index (χ4n) is 1.27. The van der Waals surface area contributed by atoms with Gasteiger partial charge in [0.15, 0.2) is 5.75 Å². The van der Waals surface area contributed by atoms with E-state index in [0.717, 1.165) is 6.26 Å². The van der Waals surface area contributed by atoms with Crippen molar-refractivity contribution in [3.63, 3.8) is 0 Å². The van der Waals surface area contributed by atoms with Gasteiger partial charge in [0.25, 0.3) is 0 Å². The SMILES string of the molecule is CC(O)c1cn(Cc2cc(=O)c(O)co2)nn1. The molecule has 0 spiro atoms. The Morgan fingerprint density at radius 2 is 2.35 bits per heavy atom. The number of aliphatic hydroxyl groups excluding tert-OH is 1. The largest absolute Gasteiger partial charge is 0.502 e. The molecule has 0 radical (unpaired) electrons. The first-order chi connectivity index (χ1) is 8.06. The molecule has 2 aromatic heterocycles. The van der Waals surface area contributed by atoms with Crippen molar-refractivity contribution in [1.82, 2.24) is 15.0 Å². The lowest BCUT2D eigenvalue weighted by atomic mass is 10.3.